The van der Waals surface area contributed by atoms with E-state index in [9.17, 15) is 18.0 Å². The van der Waals surface area contributed by atoms with Crippen LogP contribution in [0.25, 0.3) is 5.65 Å². The minimum atomic E-state index is -4.56. The molecule has 1 amide bonds. The van der Waals surface area contributed by atoms with Crippen molar-refractivity contribution in [3.63, 3.8) is 0 Å². The minimum Gasteiger partial charge on any atom is -0.378 e. The molecule has 2 fully saturated rings. The Kier molecular flexibility index (Phi) is 3.48. The van der Waals surface area contributed by atoms with Crippen LogP contribution in [0, 0.1) is 0 Å². The smallest absolute Gasteiger partial charge is 0.378 e. The second-order valence-corrected chi connectivity index (χ2v) is 6.04. The van der Waals surface area contributed by atoms with Crippen LogP contribution >= 0.6 is 0 Å². The van der Waals surface area contributed by atoms with E-state index in [1.54, 1.807) is 0 Å². The Bertz CT molecular complexity index is 792. The molecule has 9 heteroatoms. The van der Waals surface area contributed by atoms with Crippen molar-refractivity contribution in [2.75, 3.05) is 26.3 Å². The van der Waals surface area contributed by atoms with Gasteiger partial charge in [-0.2, -0.15) is 18.3 Å². The molecule has 0 bridgehead atoms. The lowest BCUT2D eigenvalue weighted by molar-refractivity contribution is -0.142. The summed E-state index contributed by atoms with van der Waals surface area (Å²) in [6.07, 6.45) is -2.88. The first-order chi connectivity index (χ1) is 11.4. The predicted molar refractivity (Wildman–Crippen MR) is 76.7 cm³/mol. The van der Waals surface area contributed by atoms with Gasteiger partial charge in [0.15, 0.2) is 11.3 Å². The van der Waals surface area contributed by atoms with E-state index in [2.05, 4.69) is 10.1 Å². The van der Waals surface area contributed by atoms with Gasteiger partial charge in [0.2, 0.25) is 0 Å². The second-order valence-electron chi connectivity index (χ2n) is 6.04. The van der Waals surface area contributed by atoms with Crippen LogP contribution < -0.4 is 0 Å². The number of carbonyl (C=O) groups excluding carboxylic acids is 1. The molecular formula is C15H15F3N4O2. The first-order valence-corrected chi connectivity index (χ1v) is 7.78. The van der Waals surface area contributed by atoms with Crippen LogP contribution in [0.4, 0.5) is 13.2 Å². The van der Waals surface area contributed by atoms with Crippen molar-refractivity contribution >= 4 is 11.6 Å². The molecule has 0 atom stereocenters. The Morgan fingerprint density at radius 3 is 2.54 bits per heavy atom. The van der Waals surface area contributed by atoms with Gasteiger partial charge in [-0.15, -0.1) is 0 Å². The van der Waals surface area contributed by atoms with Gasteiger partial charge in [-0.25, -0.2) is 9.50 Å². The largest absolute Gasteiger partial charge is 0.433 e. The molecule has 1 aliphatic carbocycles. The van der Waals surface area contributed by atoms with E-state index in [0.717, 1.165) is 23.4 Å². The topological polar surface area (TPSA) is 59.7 Å². The Balaban J connectivity index is 1.77. The van der Waals surface area contributed by atoms with Crippen molar-refractivity contribution in [1.29, 1.82) is 0 Å². The van der Waals surface area contributed by atoms with Gasteiger partial charge < -0.3 is 9.64 Å². The molecule has 0 aromatic carbocycles. The first-order valence-electron chi connectivity index (χ1n) is 7.78. The highest BCUT2D eigenvalue weighted by Crippen LogP contribution is 2.41. The summed E-state index contributed by atoms with van der Waals surface area (Å²) in [6, 6.07) is 2.37. The number of carbonyl (C=O) groups is 1. The van der Waals surface area contributed by atoms with E-state index in [1.807, 2.05) is 0 Å². The molecule has 2 aliphatic rings. The number of rotatable bonds is 2. The van der Waals surface area contributed by atoms with Gasteiger partial charge in [0.25, 0.3) is 5.91 Å². The van der Waals surface area contributed by atoms with Crippen LogP contribution in [-0.4, -0.2) is 51.7 Å². The number of halogens is 3. The molecule has 2 aromatic rings. The molecule has 2 aromatic heterocycles. The van der Waals surface area contributed by atoms with E-state index in [0.29, 0.717) is 32.0 Å². The van der Waals surface area contributed by atoms with E-state index < -0.39 is 17.8 Å². The van der Waals surface area contributed by atoms with E-state index in [4.69, 9.17) is 4.74 Å². The lowest BCUT2D eigenvalue weighted by Crippen LogP contribution is -2.40. The number of hydrogen-bond acceptors (Lipinski definition) is 4. The summed E-state index contributed by atoms with van der Waals surface area (Å²) in [5.74, 6) is -0.325. The zero-order valence-corrected chi connectivity index (χ0v) is 12.7. The summed E-state index contributed by atoms with van der Waals surface area (Å²) in [5.41, 5.74) is -0.443. The maximum absolute atomic E-state index is 13.3. The third-order valence-corrected chi connectivity index (χ3v) is 4.25. The fourth-order valence-corrected chi connectivity index (χ4v) is 2.82. The van der Waals surface area contributed by atoms with Crippen molar-refractivity contribution in [3.05, 3.63) is 29.2 Å². The Morgan fingerprint density at radius 1 is 1.21 bits per heavy atom. The third-order valence-electron chi connectivity index (χ3n) is 4.25. The van der Waals surface area contributed by atoms with Crippen LogP contribution in [-0.2, 0) is 10.9 Å². The van der Waals surface area contributed by atoms with Crippen LogP contribution in [0.5, 0.6) is 0 Å². The van der Waals surface area contributed by atoms with E-state index >= 15 is 0 Å². The third kappa shape index (κ3) is 2.72. The highest BCUT2D eigenvalue weighted by atomic mass is 19.4. The van der Waals surface area contributed by atoms with Crippen LogP contribution in [0.3, 0.4) is 0 Å². The lowest BCUT2D eigenvalue weighted by atomic mass is 10.2. The molecule has 1 saturated carbocycles. The molecule has 6 nitrogen and oxygen atoms in total. The average molecular weight is 340 g/mol. The highest BCUT2D eigenvalue weighted by Gasteiger charge is 2.37. The van der Waals surface area contributed by atoms with E-state index in [-0.39, 0.29) is 17.3 Å². The molecule has 0 radical (unpaired) electrons. The number of fused-ring (bicyclic) bond motifs is 1. The summed E-state index contributed by atoms with van der Waals surface area (Å²) >= 11 is 0. The fraction of sp³-hybridized carbons (Fsp3) is 0.533. The second kappa shape index (κ2) is 5.44. The van der Waals surface area contributed by atoms with Crippen molar-refractivity contribution in [1.82, 2.24) is 19.5 Å². The van der Waals surface area contributed by atoms with Gasteiger partial charge in [-0.05, 0) is 18.9 Å². The van der Waals surface area contributed by atoms with Gasteiger partial charge in [0.1, 0.15) is 5.69 Å². The maximum Gasteiger partial charge on any atom is 0.433 e. The quantitative estimate of drug-likeness (QED) is 0.840. The molecule has 3 heterocycles. The van der Waals surface area contributed by atoms with Gasteiger partial charge in [0.05, 0.1) is 13.2 Å². The van der Waals surface area contributed by atoms with Crippen molar-refractivity contribution in [2.24, 2.45) is 0 Å². The fourth-order valence-electron chi connectivity index (χ4n) is 2.82. The Labute approximate surface area is 135 Å². The average Bonchev–Trinajstić information content (AvgIpc) is 3.32. The molecule has 24 heavy (non-hydrogen) atoms. The predicted octanol–water partition coefficient (Wildman–Crippen LogP) is 2.10. The van der Waals surface area contributed by atoms with Gasteiger partial charge in [0, 0.05) is 30.8 Å². The molecule has 0 N–H and O–H groups in total. The molecular weight excluding hydrogens is 325 g/mol. The van der Waals surface area contributed by atoms with Crippen molar-refractivity contribution < 1.29 is 22.7 Å². The van der Waals surface area contributed by atoms with Gasteiger partial charge >= 0.3 is 6.18 Å². The summed E-state index contributed by atoms with van der Waals surface area (Å²) in [7, 11) is 0. The highest BCUT2D eigenvalue weighted by molar-refractivity contribution is 5.93. The number of hydrogen-bond donors (Lipinski definition) is 0. The molecule has 1 saturated heterocycles. The summed E-state index contributed by atoms with van der Waals surface area (Å²) in [5, 5.41) is 3.88. The standard InChI is InChI=1S/C15H15F3N4O2/c16-15(17,18)12-7-10(9-1-2-9)19-13-8-11(20-22(12)13)14(23)21-3-5-24-6-4-21/h7-9H,1-6H2. The van der Waals surface area contributed by atoms with Crippen LogP contribution in [0.2, 0.25) is 0 Å². The number of amides is 1. The molecule has 0 unspecified atom stereocenters. The van der Waals surface area contributed by atoms with E-state index in [1.165, 1.54) is 11.0 Å². The lowest BCUT2D eigenvalue weighted by Gasteiger charge is -2.25. The summed E-state index contributed by atoms with van der Waals surface area (Å²) in [6.45, 7) is 1.63. The van der Waals surface area contributed by atoms with Gasteiger partial charge in [-0.3, -0.25) is 4.79 Å². The van der Waals surface area contributed by atoms with Crippen LogP contribution in [0.15, 0.2) is 12.1 Å². The summed E-state index contributed by atoms with van der Waals surface area (Å²) < 4.78 is 45.9. The normalized spacial score (nSPS) is 19.0. The number of alkyl halides is 3. The SMILES string of the molecule is O=C(c1cc2nc(C3CC3)cc(C(F)(F)F)n2n1)N1CCOCC1. The molecule has 0 spiro atoms. The van der Waals surface area contributed by atoms with Crippen molar-refractivity contribution in [2.45, 2.75) is 24.9 Å². The Hall–Kier alpha value is -2.16. The number of morpholine rings is 1. The minimum absolute atomic E-state index is 0.0251. The summed E-state index contributed by atoms with van der Waals surface area (Å²) in [4.78, 5) is 18.2. The van der Waals surface area contributed by atoms with Crippen molar-refractivity contribution in [3.8, 4) is 0 Å². The zero-order chi connectivity index (χ0) is 16.9. The van der Waals surface area contributed by atoms with Crippen LogP contribution in [0.1, 0.15) is 40.6 Å². The molecule has 1 aliphatic heterocycles. The maximum atomic E-state index is 13.3. The monoisotopic (exact) mass is 340 g/mol. The molecule has 4 rings (SSSR count). The number of nitrogens with zero attached hydrogens (tertiary/aromatic N) is 4. The number of aromatic nitrogens is 3. The first kappa shape index (κ1) is 15.4. The Morgan fingerprint density at radius 2 is 1.92 bits per heavy atom. The number of ether oxygens (including phenoxy) is 1. The molecule has 128 valence electrons. The van der Waals surface area contributed by atoms with Gasteiger partial charge in [-0.1, -0.05) is 0 Å². The zero-order valence-electron chi connectivity index (χ0n) is 12.7.